The molecule has 1 heterocycles. The molecule has 76 valence electrons. The Bertz CT molecular complexity index is 196. The number of aliphatic hydroxyl groups is 1. The summed E-state index contributed by atoms with van der Waals surface area (Å²) in [5.74, 6) is 0.389. The van der Waals surface area contributed by atoms with Gasteiger partial charge in [-0.2, -0.15) is 0 Å². The SMILES string of the molecule is CCC1CN(C/C(Cl)=C/Cl)CC1O. The van der Waals surface area contributed by atoms with Gasteiger partial charge in [0.1, 0.15) is 0 Å². The van der Waals surface area contributed by atoms with Crippen LogP contribution < -0.4 is 0 Å². The zero-order valence-corrected chi connectivity index (χ0v) is 9.22. The lowest BCUT2D eigenvalue weighted by Gasteiger charge is -2.13. The number of hydrogen-bond donors (Lipinski definition) is 1. The summed E-state index contributed by atoms with van der Waals surface area (Å²) in [5.41, 5.74) is 1.38. The quantitative estimate of drug-likeness (QED) is 0.792. The number of likely N-dealkylation sites (tertiary alicyclic amines) is 1. The van der Waals surface area contributed by atoms with Gasteiger partial charge in [0.2, 0.25) is 0 Å². The van der Waals surface area contributed by atoms with Gasteiger partial charge < -0.3 is 5.11 Å². The fourth-order valence-electron chi connectivity index (χ4n) is 1.72. The molecule has 0 aliphatic carbocycles. The van der Waals surface area contributed by atoms with Crippen molar-refractivity contribution in [2.24, 2.45) is 5.92 Å². The molecule has 4 heteroatoms. The average molecular weight is 224 g/mol. The Labute approximate surface area is 89.1 Å². The molecule has 2 atom stereocenters. The van der Waals surface area contributed by atoms with Crippen LogP contribution in [-0.4, -0.2) is 35.7 Å². The number of rotatable bonds is 3. The van der Waals surface area contributed by atoms with Crippen LogP contribution in [0, 0.1) is 5.92 Å². The van der Waals surface area contributed by atoms with E-state index in [0.717, 1.165) is 13.0 Å². The van der Waals surface area contributed by atoms with Crippen LogP contribution in [0.2, 0.25) is 0 Å². The normalized spacial score (nSPS) is 31.2. The molecule has 1 rings (SSSR count). The zero-order chi connectivity index (χ0) is 9.84. The molecule has 0 amide bonds. The van der Waals surface area contributed by atoms with Crippen molar-refractivity contribution in [2.75, 3.05) is 19.6 Å². The Hall–Kier alpha value is 0.240. The fourth-order valence-corrected chi connectivity index (χ4v) is 1.96. The highest BCUT2D eigenvalue weighted by molar-refractivity contribution is 6.36. The third-order valence-electron chi connectivity index (χ3n) is 2.50. The first-order valence-corrected chi connectivity index (χ1v) is 5.34. The van der Waals surface area contributed by atoms with Crippen molar-refractivity contribution in [3.63, 3.8) is 0 Å². The first-order valence-electron chi connectivity index (χ1n) is 4.52. The van der Waals surface area contributed by atoms with Gasteiger partial charge in [-0.1, -0.05) is 30.1 Å². The van der Waals surface area contributed by atoms with Gasteiger partial charge in [-0.15, -0.1) is 0 Å². The predicted molar refractivity (Wildman–Crippen MR) is 56.0 cm³/mol. The summed E-state index contributed by atoms with van der Waals surface area (Å²) in [6.07, 6.45) is 0.810. The fraction of sp³-hybridized carbons (Fsp3) is 0.778. The molecule has 0 saturated carbocycles. The summed E-state index contributed by atoms with van der Waals surface area (Å²) in [6.45, 7) is 4.37. The number of β-amino-alcohol motifs (C(OH)–C–C–N with tert-alkyl or cyclic N) is 1. The Morgan fingerprint density at radius 3 is 2.77 bits per heavy atom. The van der Waals surface area contributed by atoms with Crippen molar-refractivity contribution >= 4 is 23.2 Å². The zero-order valence-electron chi connectivity index (χ0n) is 7.71. The summed E-state index contributed by atoms with van der Waals surface area (Å²) >= 11 is 11.2. The van der Waals surface area contributed by atoms with Gasteiger partial charge in [-0.05, 0) is 12.3 Å². The van der Waals surface area contributed by atoms with Crippen LogP contribution in [0.1, 0.15) is 13.3 Å². The lowest BCUT2D eigenvalue weighted by atomic mass is 10.0. The molecular weight excluding hydrogens is 209 g/mol. The Morgan fingerprint density at radius 2 is 2.31 bits per heavy atom. The number of halogens is 2. The lowest BCUT2D eigenvalue weighted by molar-refractivity contribution is 0.141. The third kappa shape index (κ3) is 3.13. The summed E-state index contributed by atoms with van der Waals surface area (Å²) in [7, 11) is 0. The van der Waals surface area contributed by atoms with E-state index in [2.05, 4.69) is 11.8 Å². The highest BCUT2D eigenvalue weighted by Crippen LogP contribution is 2.21. The van der Waals surface area contributed by atoms with E-state index in [1.54, 1.807) is 0 Å². The smallest absolute Gasteiger partial charge is 0.0707 e. The van der Waals surface area contributed by atoms with E-state index in [-0.39, 0.29) is 6.10 Å². The molecule has 2 unspecified atom stereocenters. The van der Waals surface area contributed by atoms with Crippen LogP contribution in [0.5, 0.6) is 0 Å². The monoisotopic (exact) mass is 223 g/mol. The van der Waals surface area contributed by atoms with Gasteiger partial charge in [0.05, 0.1) is 6.10 Å². The summed E-state index contributed by atoms with van der Waals surface area (Å²) in [4.78, 5) is 2.13. The van der Waals surface area contributed by atoms with Gasteiger partial charge in [-0.25, -0.2) is 0 Å². The van der Waals surface area contributed by atoms with Crippen molar-refractivity contribution in [1.82, 2.24) is 4.90 Å². The standard InChI is InChI=1S/C9H15Cl2NO/c1-2-7-4-12(6-9(7)13)5-8(11)3-10/h3,7,9,13H,2,4-6H2,1H3/b8-3-. The Balaban J connectivity index is 2.40. The maximum atomic E-state index is 9.61. The molecule has 2 nitrogen and oxygen atoms in total. The molecule has 0 radical (unpaired) electrons. The average Bonchev–Trinajstić information content (AvgIpc) is 2.46. The van der Waals surface area contributed by atoms with E-state index < -0.39 is 0 Å². The molecule has 1 fully saturated rings. The minimum atomic E-state index is -0.204. The summed E-state index contributed by atoms with van der Waals surface area (Å²) in [6, 6.07) is 0. The maximum Gasteiger partial charge on any atom is 0.0707 e. The van der Waals surface area contributed by atoms with Crippen molar-refractivity contribution < 1.29 is 5.11 Å². The molecule has 0 aromatic carbocycles. The summed E-state index contributed by atoms with van der Waals surface area (Å²) in [5, 5.41) is 10.2. The largest absolute Gasteiger partial charge is 0.391 e. The van der Waals surface area contributed by atoms with E-state index >= 15 is 0 Å². The third-order valence-corrected chi connectivity index (χ3v) is 3.10. The highest BCUT2D eigenvalue weighted by atomic mass is 35.5. The minimum absolute atomic E-state index is 0.204. The molecule has 0 aromatic rings. The second-order valence-electron chi connectivity index (χ2n) is 3.49. The van der Waals surface area contributed by atoms with Gasteiger partial charge in [0.15, 0.2) is 0 Å². The van der Waals surface area contributed by atoms with Crippen molar-refractivity contribution in [3.8, 4) is 0 Å². The highest BCUT2D eigenvalue weighted by Gasteiger charge is 2.29. The van der Waals surface area contributed by atoms with Gasteiger partial charge in [-0.3, -0.25) is 4.90 Å². The second kappa shape index (κ2) is 5.20. The van der Waals surface area contributed by atoms with Gasteiger partial charge >= 0.3 is 0 Å². The van der Waals surface area contributed by atoms with Crippen LogP contribution in [-0.2, 0) is 0 Å². The topological polar surface area (TPSA) is 23.5 Å². The van der Waals surface area contributed by atoms with E-state index in [9.17, 15) is 5.11 Å². The molecule has 0 aromatic heterocycles. The molecule has 0 spiro atoms. The van der Waals surface area contributed by atoms with E-state index in [1.165, 1.54) is 5.54 Å². The lowest BCUT2D eigenvalue weighted by Crippen LogP contribution is -2.23. The molecule has 0 bridgehead atoms. The molecule has 1 N–H and O–H groups in total. The molecular formula is C9H15Cl2NO. The van der Waals surface area contributed by atoms with Crippen LogP contribution in [0.3, 0.4) is 0 Å². The predicted octanol–water partition coefficient (Wildman–Crippen LogP) is 2.01. The molecule has 1 saturated heterocycles. The van der Waals surface area contributed by atoms with E-state index in [0.29, 0.717) is 24.0 Å². The first-order chi connectivity index (χ1) is 6.17. The van der Waals surface area contributed by atoms with Crippen LogP contribution in [0.15, 0.2) is 10.6 Å². The minimum Gasteiger partial charge on any atom is -0.391 e. The first kappa shape index (κ1) is 11.3. The van der Waals surface area contributed by atoms with E-state index in [4.69, 9.17) is 23.2 Å². The number of aliphatic hydroxyl groups excluding tert-OH is 1. The van der Waals surface area contributed by atoms with Gasteiger partial charge in [0.25, 0.3) is 0 Å². The van der Waals surface area contributed by atoms with E-state index in [1.807, 2.05) is 0 Å². The van der Waals surface area contributed by atoms with Crippen molar-refractivity contribution in [1.29, 1.82) is 0 Å². The van der Waals surface area contributed by atoms with Crippen LogP contribution in [0.25, 0.3) is 0 Å². The maximum absolute atomic E-state index is 9.61. The van der Waals surface area contributed by atoms with Crippen molar-refractivity contribution in [2.45, 2.75) is 19.4 Å². The molecule has 13 heavy (non-hydrogen) atoms. The van der Waals surface area contributed by atoms with Crippen molar-refractivity contribution in [3.05, 3.63) is 10.6 Å². The number of nitrogens with zero attached hydrogens (tertiary/aromatic N) is 1. The molecule has 1 aliphatic rings. The Morgan fingerprint density at radius 1 is 1.62 bits per heavy atom. The van der Waals surface area contributed by atoms with Crippen LogP contribution >= 0.6 is 23.2 Å². The van der Waals surface area contributed by atoms with Gasteiger partial charge in [0, 0.05) is 30.2 Å². The van der Waals surface area contributed by atoms with Crippen LogP contribution in [0.4, 0.5) is 0 Å². The number of hydrogen-bond acceptors (Lipinski definition) is 2. The molecule has 1 aliphatic heterocycles. The second-order valence-corrected chi connectivity index (χ2v) is 4.19. The summed E-state index contributed by atoms with van der Waals surface area (Å²) < 4.78 is 0. The Kier molecular flexibility index (Phi) is 4.53.